The minimum Gasteiger partial charge on any atom is -0.495 e. The van der Waals surface area contributed by atoms with Gasteiger partial charge in [0.2, 0.25) is 15.9 Å². The Bertz CT molecular complexity index is 992. The molecule has 0 unspecified atom stereocenters. The van der Waals surface area contributed by atoms with Crippen molar-refractivity contribution >= 4 is 33.2 Å². The normalized spacial score (nSPS) is 12.3. The molecule has 8 heteroatoms. The van der Waals surface area contributed by atoms with Crippen LogP contribution in [0.3, 0.4) is 0 Å². The van der Waals surface area contributed by atoms with E-state index >= 15 is 0 Å². The lowest BCUT2D eigenvalue weighted by Crippen LogP contribution is -2.41. The van der Waals surface area contributed by atoms with Crippen LogP contribution in [0.4, 0.5) is 5.69 Å². The van der Waals surface area contributed by atoms with Gasteiger partial charge in [-0.15, -0.1) is 0 Å². The van der Waals surface area contributed by atoms with Gasteiger partial charge in [-0.05, 0) is 49.6 Å². The zero-order valence-corrected chi connectivity index (χ0v) is 18.9. The molecular weight excluding hydrogens is 412 g/mol. The first-order valence-electron chi connectivity index (χ1n) is 9.24. The van der Waals surface area contributed by atoms with E-state index in [1.165, 1.54) is 13.2 Å². The molecule has 0 fully saturated rings. The predicted molar refractivity (Wildman–Crippen MR) is 117 cm³/mol. The Morgan fingerprint density at radius 3 is 2.45 bits per heavy atom. The molecule has 1 atom stereocenters. The molecule has 2 aromatic carbocycles. The Morgan fingerprint density at radius 1 is 1.21 bits per heavy atom. The standard InChI is InChI=1S/C21H27ClN2O4S/c1-6-18(17-9-7-14(2)11-15(17)3)23-21(25)13-24(29(5,26)27)19-12-16(22)8-10-20(19)28-4/h7-12,18H,6,13H2,1-5H3,(H,23,25)/t18-/m1/s1. The number of halogens is 1. The molecular formula is C21H27ClN2O4S. The maximum Gasteiger partial charge on any atom is 0.241 e. The summed E-state index contributed by atoms with van der Waals surface area (Å²) < 4.78 is 31.1. The highest BCUT2D eigenvalue weighted by molar-refractivity contribution is 7.92. The lowest BCUT2D eigenvalue weighted by molar-refractivity contribution is -0.120. The summed E-state index contributed by atoms with van der Waals surface area (Å²) in [6.45, 7) is 5.60. The fraction of sp³-hybridized carbons (Fsp3) is 0.381. The summed E-state index contributed by atoms with van der Waals surface area (Å²) in [5, 5.41) is 3.29. The van der Waals surface area contributed by atoms with Gasteiger partial charge >= 0.3 is 0 Å². The molecule has 158 valence electrons. The van der Waals surface area contributed by atoms with E-state index in [4.69, 9.17) is 16.3 Å². The molecule has 0 heterocycles. The van der Waals surface area contributed by atoms with Gasteiger partial charge in [-0.3, -0.25) is 9.10 Å². The summed E-state index contributed by atoms with van der Waals surface area (Å²) in [5.74, 6) is -0.0988. The summed E-state index contributed by atoms with van der Waals surface area (Å²) in [5.41, 5.74) is 3.45. The highest BCUT2D eigenvalue weighted by Crippen LogP contribution is 2.32. The maximum absolute atomic E-state index is 12.8. The van der Waals surface area contributed by atoms with Gasteiger partial charge in [0, 0.05) is 5.02 Å². The van der Waals surface area contributed by atoms with Gasteiger partial charge in [0.25, 0.3) is 0 Å². The zero-order valence-electron chi connectivity index (χ0n) is 17.3. The first-order chi connectivity index (χ1) is 13.6. The molecule has 29 heavy (non-hydrogen) atoms. The lowest BCUT2D eigenvalue weighted by atomic mass is 9.97. The van der Waals surface area contributed by atoms with Crippen LogP contribution < -0.4 is 14.4 Å². The smallest absolute Gasteiger partial charge is 0.241 e. The van der Waals surface area contributed by atoms with E-state index in [-0.39, 0.29) is 18.3 Å². The van der Waals surface area contributed by atoms with Crippen LogP contribution in [0.1, 0.15) is 36.1 Å². The van der Waals surface area contributed by atoms with Gasteiger partial charge in [-0.25, -0.2) is 8.42 Å². The van der Waals surface area contributed by atoms with Crippen molar-refractivity contribution in [3.8, 4) is 5.75 Å². The van der Waals surface area contributed by atoms with Crippen LogP contribution in [0.15, 0.2) is 36.4 Å². The van der Waals surface area contributed by atoms with E-state index in [1.807, 2.05) is 32.9 Å². The van der Waals surface area contributed by atoms with Crippen molar-refractivity contribution in [2.75, 3.05) is 24.2 Å². The first kappa shape index (κ1) is 23.0. The average Bonchev–Trinajstić information content (AvgIpc) is 2.63. The van der Waals surface area contributed by atoms with Crippen LogP contribution in [0.2, 0.25) is 5.02 Å². The molecule has 0 aliphatic rings. The second-order valence-corrected chi connectivity index (χ2v) is 9.32. The van der Waals surface area contributed by atoms with Crippen molar-refractivity contribution in [3.05, 3.63) is 58.1 Å². The molecule has 2 aromatic rings. The third kappa shape index (κ3) is 5.87. The Kier molecular flexibility index (Phi) is 7.54. The second-order valence-electron chi connectivity index (χ2n) is 6.97. The number of sulfonamides is 1. The van der Waals surface area contributed by atoms with Crippen molar-refractivity contribution in [1.82, 2.24) is 5.32 Å². The van der Waals surface area contributed by atoms with Crippen LogP contribution in [-0.2, 0) is 14.8 Å². The van der Waals surface area contributed by atoms with Gasteiger partial charge in [0.05, 0.1) is 25.1 Å². The largest absolute Gasteiger partial charge is 0.495 e. The Labute approximate surface area is 177 Å². The number of nitrogens with zero attached hydrogens (tertiary/aromatic N) is 1. The van der Waals surface area contributed by atoms with Crippen LogP contribution in [0.25, 0.3) is 0 Å². The third-order valence-corrected chi connectivity index (χ3v) is 6.00. The minimum atomic E-state index is -3.75. The van der Waals surface area contributed by atoms with E-state index in [0.29, 0.717) is 17.2 Å². The van der Waals surface area contributed by atoms with Gasteiger partial charge < -0.3 is 10.1 Å². The van der Waals surface area contributed by atoms with Crippen molar-refractivity contribution < 1.29 is 17.9 Å². The number of nitrogens with one attached hydrogen (secondary N) is 1. The van der Waals surface area contributed by atoms with Gasteiger partial charge in [0.1, 0.15) is 12.3 Å². The second kappa shape index (κ2) is 9.50. The number of benzene rings is 2. The van der Waals surface area contributed by atoms with E-state index in [9.17, 15) is 13.2 Å². The summed E-state index contributed by atoms with van der Waals surface area (Å²) in [6.07, 6.45) is 1.72. The minimum absolute atomic E-state index is 0.217. The highest BCUT2D eigenvalue weighted by Gasteiger charge is 2.25. The molecule has 0 bridgehead atoms. The highest BCUT2D eigenvalue weighted by atomic mass is 35.5. The van der Waals surface area contributed by atoms with E-state index in [1.54, 1.807) is 12.1 Å². The number of amides is 1. The average molecular weight is 439 g/mol. The molecule has 0 spiro atoms. The fourth-order valence-corrected chi connectivity index (χ4v) is 4.24. The van der Waals surface area contributed by atoms with Crippen LogP contribution >= 0.6 is 11.6 Å². The summed E-state index contributed by atoms with van der Waals surface area (Å²) in [6, 6.07) is 10.5. The van der Waals surface area contributed by atoms with Crippen molar-refractivity contribution in [2.24, 2.45) is 0 Å². The van der Waals surface area contributed by atoms with E-state index < -0.39 is 15.9 Å². The zero-order chi connectivity index (χ0) is 21.8. The number of rotatable bonds is 8. The number of hydrogen-bond donors (Lipinski definition) is 1. The Morgan fingerprint density at radius 2 is 1.90 bits per heavy atom. The van der Waals surface area contributed by atoms with Crippen molar-refractivity contribution in [1.29, 1.82) is 0 Å². The van der Waals surface area contributed by atoms with Crippen molar-refractivity contribution in [2.45, 2.75) is 33.2 Å². The first-order valence-corrected chi connectivity index (χ1v) is 11.5. The van der Waals surface area contributed by atoms with Gasteiger partial charge in [0.15, 0.2) is 0 Å². The van der Waals surface area contributed by atoms with Gasteiger partial charge in [-0.1, -0.05) is 42.3 Å². The summed E-state index contributed by atoms with van der Waals surface area (Å²) >= 11 is 6.04. The number of carbonyl (C=O) groups excluding carboxylic acids is 1. The van der Waals surface area contributed by atoms with Gasteiger partial charge in [-0.2, -0.15) is 0 Å². The fourth-order valence-electron chi connectivity index (χ4n) is 3.23. The third-order valence-electron chi connectivity index (χ3n) is 4.64. The topological polar surface area (TPSA) is 75.7 Å². The Hall–Kier alpha value is -2.25. The van der Waals surface area contributed by atoms with Crippen LogP contribution in [0.5, 0.6) is 5.75 Å². The molecule has 0 aromatic heterocycles. The number of hydrogen-bond acceptors (Lipinski definition) is 4. The monoisotopic (exact) mass is 438 g/mol. The lowest BCUT2D eigenvalue weighted by Gasteiger charge is -2.26. The van der Waals surface area contributed by atoms with Crippen LogP contribution in [-0.4, -0.2) is 34.2 Å². The molecule has 6 nitrogen and oxygen atoms in total. The molecule has 1 amide bonds. The molecule has 0 aliphatic heterocycles. The molecule has 0 aliphatic carbocycles. The SMILES string of the molecule is CC[C@@H](NC(=O)CN(c1cc(Cl)ccc1OC)S(C)(=O)=O)c1ccc(C)cc1C. The summed E-state index contributed by atoms with van der Waals surface area (Å²) in [7, 11) is -2.32. The molecule has 0 radical (unpaired) electrons. The number of ether oxygens (including phenoxy) is 1. The van der Waals surface area contributed by atoms with Crippen LogP contribution in [0, 0.1) is 13.8 Å². The van der Waals surface area contributed by atoms with E-state index in [0.717, 1.165) is 27.3 Å². The molecule has 1 N–H and O–H groups in total. The van der Waals surface area contributed by atoms with Crippen molar-refractivity contribution in [3.63, 3.8) is 0 Å². The number of anilines is 1. The number of aryl methyl sites for hydroxylation is 2. The molecule has 2 rings (SSSR count). The summed E-state index contributed by atoms with van der Waals surface area (Å²) in [4.78, 5) is 12.8. The number of carbonyl (C=O) groups is 1. The molecule has 0 saturated carbocycles. The quantitative estimate of drug-likeness (QED) is 0.675. The number of methoxy groups -OCH3 is 1. The maximum atomic E-state index is 12.8. The Balaban J connectivity index is 2.30. The van der Waals surface area contributed by atoms with E-state index in [2.05, 4.69) is 11.4 Å². The predicted octanol–water partition coefficient (Wildman–Crippen LogP) is 4.00. The molecule has 0 saturated heterocycles.